The molecule has 0 bridgehead atoms. The number of carboxylic acids is 1. The van der Waals surface area contributed by atoms with Crippen LogP contribution in [0.3, 0.4) is 0 Å². The van der Waals surface area contributed by atoms with Crippen molar-refractivity contribution in [2.24, 2.45) is 11.5 Å². The average Bonchev–Trinajstić information content (AvgIpc) is 2.02. The third-order valence-electron chi connectivity index (χ3n) is 1.80. The topological polar surface area (TPSA) is 144 Å². The Hall–Kier alpha value is -0.700. The Bertz CT molecular complexity index is 289. The van der Waals surface area contributed by atoms with Gasteiger partial charge in [0.05, 0.1) is 5.25 Å². The number of hydrogen-bond acceptors (Lipinski definition) is 5. The van der Waals surface area contributed by atoms with Crippen LogP contribution in [0, 0.1) is 0 Å². The lowest BCUT2D eigenvalue weighted by atomic mass is 10.1. The molecule has 0 aliphatic carbocycles. The van der Waals surface area contributed by atoms with Gasteiger partial charge in [0.15, 0.2) is 0 Å². The highest BCUT2D eigenvalue weighted by atomic mass is 32.2. The van der Waals surface area contributed by atoms with Gasteiger partial charge in [-0.1, -0.05) is 0 Å². The fourth-order valence-corrected chi connectivity index (χ4v) is 1.55. The molecule has 6 N–H and O–H groups in total. The van der Waals surface area contributed by atoms with E-state index in [0.717, 1.165) is 0 Å². The Labute approximate surface area is 81.8 Å². The molecule has 0 heterocycles. The van der Waals surface area contributed by atoms with Gasteiger partial charge in [-0.25, -0.2) is 0 Å². The molecule has 2 atom stereocenters. The maximum absolute atomic E-state index is 10.6. The first-order chi connectivity index (χ1) is 6.29. The summed E-state index contributed by atoms with van der Waals surface area (Å²) in [7, 11) is -4.21. The molecule has 0 aliphatic rings. The van der Waals surface area contributed by atoms with E-state index >= 15 is 0 Å². The van der Waals surface area contributed by atoms with Crippen LogP contribution in [0.2, 0.25) is 0 Å². The molecule has 0 saturated heterocycles. The minimum atomic E-state index is -4.21. The average molecular weight is 226 g/mol. The molecule has 2 unspecified atom stereocenters. The van der Waals surface area contributed by atoms with E-state index in [1.165, 1.54) is 0 Å². The predicted octanol–water partition coefficient (Wildman–Crippen LogP) is -1.61. The van der Waals surface area contributed by atoms with Crippen molar-refractivity contribution in [3.63, 3.8) is 0 Å². The summed E-state index contributed by atoms with van der Waals surface area (Å²) in [5, 5.41) is 7.26. The van der Waals surface area contributed by atoms with E-state index in [0.29, 0.717) is 0 Å². The number of rotatable bonds is 6. The van der Waals surface area contributed by atoms with Crippen molar-refractivity contribution < 1.29 is 22.9 Å². The molecule has 0 aromatic heterocycles. The van der Waals surface area contributed by atoms with Gasteiger partial charge in [0, 0.05) is 6.54 Å². The highest BCUT2D eigenvalue weighted by molar-refractivity contribution is 7.86. The zero-order valence-corrected chi connectivity index (χ0v) is 8.27. The quantitative estimate of drug-likeness (QED) is 0.399. The molecule has 0 aromatic rings. The van der Waals surface area contributed by atoms with E-state index in [2.05, 4.69) is 0 Å². The fraction of sp³-hybridized carbons (Fsp3) is 0.833. The van der Waals surface area contributed by atoms with E-state index in [-0.39, 0.29) is 19.4 Å². The normalized spacial score (nSPS) is 16.2. The van der Waals surface area contributed by atoms with Gasteiger partial charge in [-0.15, -0.1) is 0 Å². The molecule has 14 heavy (non-hydrogen) atoms. The van der Waals surface area contributed by atoms with Crippen molar-refractivity contribution in [1.29, 1.82) is 0 Å². The first-order valence-corrected chi connectivity index (χ1v) is 5.44. The van der Waals surface area contributed by atoms with Crippen molar-refractivity contribution in [2.45, 2.75) is 24.1 Å². The van der Waals surface area contributed by atoms with Crippen LogP contribution >= 0.6 is 0 Å². The number of nitrogens with two attached hydrogens (primary N) is 2. The first kappa shape index (κ1) is 13.3. The second-order valence-corrected chi connectivity index (χ2v) is 4.59. The lowest BCUT2D eigenvalue weighted by molar-refractivity contribution is -0.138. The van der Waals surface area contributed by atoms with E-state index in [4.69, 9.17) is 21.1 Å². The molecule has 0 aliphatic heterocycles. The highest BCUT2D eigenvalue weighted by Gasteiger charge is 2.23. The summed E-state index contributed by atoms with van der Waals surface area (Å²) in [6.07, 6.45) is -0.111. The van der Waals surface area contributed by atoms with Crippen molar-refractivity contribution in [3.8, 4) is 0 Å². The van der Waals surface area contributed by atoms with Crippen LogP contribution < -0.4 is 11.5 Å². The zero-order chi connectivity index (χ0) is 11.4. The second kappa shape index (κ2) is 5.25. The summed E-state index contributed by atoms with van der Waals surface area (Å²) in [6.45, 7) is -0.259. The number of carbonyl (C=O) groups is 1. The van der Waals surface area contributed by atoms with Crippen molar-refractivity contribution in [3.05, 3.63) is 0 Å². The van der Waals surface area contributed by atoms with Crippen LogP contribution in [0.15, 0.2) is 0 Å². The molecule has 84 valence electrons. The Kier molecular flexibility index (Phi) is 4.99. The van der Waals surface area contributed by atoms with E-state index in [9.17, 15) is 13.2 Å². The number of aliphatic carboxylic acids is 1. The fourth-order valence-electron chi connectivity index (χ4n) is 0.877. The SMILES string of the molecule is NCC(CCC(N)C(=O)O)S(=O)(=O)O. The van der Waals surface area contributed by atoms with Gasteiger partial charge in [0.25, 0.3) is 10.1 Å². The summed E-state index contributed by atoms with van der Waals surface area (Å²) in [6, 6.07) is -1.13. The van der Waals surface area contributed by atoms with Crippen molar-refractivity contribution in [2.75, 3.05) is 6.54 Å². The number of hydrogen-bond donors (Lipinski definition) is 4. The third kappa shape index (κ3) is 4.51. The molecule has 8 heteroatoms. The van der Waals surface area contributed by atoms with Gasteiger partial charge in [-0.3, -0.25) is 9.35 Å². The summed E-state index contributed by atoms with van der Waals surface area (Å²) in [4.78, 5) is 10.3. The predicted molar refractivity (Wildman–Crippen MR) is 49.2 cm³/mol. The minimum Gasteiger partial charge on any atom is -0.480 e. The summed E-state index contributed by atoms with van der Waals surface area (Å²) < 4.78 is 29.9. The standard InChI is InChI=1S/C6H14N2O5S/c7-3-4(14(11,12)13)1-2-5(8)6(9)10/h4-5H,1-3,7-8H2,(H,9,10)(H,11,12,13). The molecule has 0 radical (unpaired) electrons. The molecule has 0 aromatic carbocycles. The molecular weight excluding hydrogens is 212 g/mol. The first-order valence-electron chi connectivity index (χ1n) is 3.93. The molecule has 0 saturated carbocycles. The molecule has 0 spiro atoms. The molecule has 7 nitrogen and oxygen atoms in total. The van der Waals surface area contributed by atoms with Gasteiger partial charge < -0.3 is 16.6 Å². The summed E-state index contributed by atoms with van der Waals surface area (Å²) >= 11 is 0. The monoisotopic (exact) mass is 226 g/mol. The lowest BCUT2D eigenvalue weighted by Gasteiger charge is -2.12. The minimum absolute atomic E-state index is 0.0447. The van der Waals surface area contributed by atoms with Crippen LogP contribution in [0.25, 0.3) is 0 Å². The van der Waals surface area contributed by atoms with Gasteiger partial charge >= 0.3 is 5.97 Å². The largest absolute Gasteiger partial charge is 0.480 e. The van der Waals surface area contributed by atoms with Crippen LogP contribution in [0.1, 0.15) is 12.8 Å². The Morgan fingerprint density at radius 3 is 2.14 bits per heavy atom. The molecule has 0 amide bonds. The van der Waals surface area contributed by atoms with Gasteiger partial charge in [-0.2, -0.15) is 8.42 Å². The Balaban J connectivity index is 4.17. The van der Waals surface area contributed by atoms with E-state index in [1.807, 2.05) is 0 Å². The summed E-state index contributed by atoms with van der Waals surface area (Å²) in [5.74, 6) is -1.21. The van der Waals surface area contributed by atoms with Crippen LogP contribution in [-0.4, -0.2) is 41.9 Å². The highest BCUT2D eigenvalue weighted by Crippen LogP contribution is 2.07. The third-order valence-corrected chi connectivity index (χ3v) is 3.07. The molecular formula is C6H14N2O5S. The second-order valence-electron chi connectivity index (χ2n) is 2.89. The van der Waals surface area contributed by atoms with E-state index < -0.39 is 27.4 Å². The van der Waals surface area contributed by atoms with Crippen molar-refractivity contribution in [1.82, 2.24) is 0 Å². The maximum Gasteiger partial charge on any atom is 0.320 e. The zero-order valence-electron chi connectivity index (χ0n) is 7.46. The molecule has 0 rings (SSSR count). The van der Waals surface area contributed by atoms with E-state index in [1.54, 1.807) is 0 Å². The number of carboxylic acid groups (broad SMARTS) is 1. The summed E-state index contributed by atoms with van der Waals surface area (Å²) in [5.41, 5.74) is 10.2. The molecule has 0 fully saturated rings. The Morgan fingerprint density at radius 1 is 1.36 bits per heavy atom. The smallest absolute Gasteiger partial charge is 0.320 e. The maximum atomic E-state index is 10.6. The van der Waals surface area contributed by atoms with Crippen LogP contribution in [0.4, 0.5) is 0 Å². The van der Waals surface area contributed by atoms with Crippen molar-refractivity contribution >= 4 is 16.1 Å². The van der Waals surface area contributed by atoms with Gasteiger partial charge in [0.2, 0.25) is 0 Å². The lowest BCUT2D eigenvalue weighted by Crippen LogP contribution is -2.35. The van der Waals surface area contributed by atoms with Gasteiger partial charge in [-0.05, 0) is 12.8 Å². The van der Waals surface area contributed by atoms with Crippen LogP contribution in [-0.2, 0) is 14.9 Å². The van der Waals surface area contributed by atoms with Gasteiger partial charge in [0.1, 0.15) is 6.04 Å². The Morgan fingerprint density at radius 2 is 1.86 bits per heavy atom. The van der Waals surface area contributed by atoms with Crippen LogP contribution in [0.5, 0.6) is 0 Å².